The second kappa shape index (κ2) is 21.6. The summed E-state index contributed by atoms with van der Waals surface area (Å²) in [4.78, 5) is 73.7. The number of fused-ring (bicyclic) bond motifs is 6. The number of pyridine rings is 1. The summed E-state index contributed by atoms with van der Waals surface area (Å²) in [6, 6.07) is 6.20. The Labute approximate surface area is 468 Å². The van der Waals surface area contributed by atoms with Gasteiger partial charge >= 0.3 is 12.1 Å². The average molecular weight is 1110 g/mol. The topological polar surface area (TPSA) is 170 Å². The van der Waals surface area contributed by atoms with Crippen LogP contribution in [0.2, 0.25) is 0 Å². The highest BCUT2D eigenvalue weighted by Crippen LogP contribution is 2.45. The van der Waals surface area contributed by atoms with Crippen LogP contribution in [0.5, 0.6) is 0 Å². The molecule has 1 spiro atoms. The Morgan fingerprint density at radius 2 is 1.71 bits per heavy atom. The van der Waals surface area contributed by atoms with Crippen LogP contribution in [-0.4, -0.2) is 198 Å². The molecule has 3 aromatic rings. The van der Waals surface area contributed by atoms with E-state index in [-0.39, 0.29) is 61.2 Å². The molecular formula is C60H82F3N11O6. The Morgan fingerprint density at radius 1 is 0.938 bits per heavy atom. The van der Waals surface area contributed by atoms with Crippen LogP contribution in [0.1, 0.15) is 109 Å². The number of piperazine rings is 1. The maximum Gasteiger partial charge on any atom is 0.406 e. The van der Waals surface area contributed by atoms with E-state index >= 15 is 18.0 Å². The minimum Gasteiger partial charge on any atom is -0.464 e. The summed E-state index contributed by atoms with van der Waals surface area (Å²) in [5, 5.41) is 8.78. The molecule has 12 rings (SSSR count). The molecule has 9 heterocycles. The van der Waals surface area contributed by atoms with Crippen molar-refractivity contribution in [2.75, 3.05) is 96.7 Å². The molecule has 434 valence electrons. The monoisotopic (exact) mass is 1110 g/mol. The molecule has 80 heavy (non-hydrogen) atoms. The minimum absolute atomic E-state index is 0.0329. The molecule has 1 aromatic carbocycles. The lowest BCUT2D eigenvalue weighted by Gasteiger charge is -2.55. The third-order valence-electron chi connectivity index (χ3n) is 18.5. The molecule has 0 radical (unpaired) electrons. The molecule has 9 aliphatic rings. The van der Waals surface area contributed by atoms with Crippen molar-refractivity contribution in [3.8, 4) is 11.3 Å². The fraction of sp³-hybridized carbons (Fsp3) is 0.683. The number of hydrogen-bond acceptors (Lipinski definition) is 13. The molecule has 7 aliphatic heterocycles. The second-order valence-electron chi connectivity index (χ2n) is 26.3. The Morgan fingerprint density at radius 3 is 2.42 bits per heavy atom. The summed E-state index contributed by atoms with van der Waals surface area (Å²) >= 11 is 0. The molecule has 3 N–H and O–H groups in total. The summed E-state index contributed by atoms with van der Waals surface area (Å²) in [7, 11) is 0. The Bertz CT molecular complexity index is 2900. The quantitative estimate of drug-likeness (QED) is 0.162. The number of nitrogens with one attached hydrogen (secondary N) is 3. The van der Waals surface area contributed by atoms with Crippen molar-refractivity contribution >= 4 is 45.9 Å². The first kappa shape index (κ1) is 55.4. The number of hydrogen-bond donors (Lipinski definition) is 3. The van der Waals surface area contributed by atoms with Crippen LogP contribution in [0, 0.1) is 17.3 Å². The molecule has 1 unspecified atom stereocenters. The molecule has 7 fully saturated rings. The Hall–Kier alpha value is -5.12. The number of nitrogens with zero attached hydrogens (tertiary/aromatic N) is 8. The highest BCUT2D eigenvalue weighted by molar-refractivity contribution is 5.95. The van der Waals surface area contributed by atoms with Crippen molar-refractivity contribution < 1.29 is 41.8 Å². The number of amides is 3. The maximum absolute atomic E-state index is 15.2. The standard InChI is InChI=1S/C60H82F3N11O6/c1-36(2)49-44(26-42(28-64-49)70-21-19-69(20-22-70)41-14-15-41)53-45-27-58(5,6)35-79-57(78)46-10-8-18-74(67-46)55(76)47(30-68-17-7-9-40(29-68)39-13-16-48(43(45)25-39)73(53)34-60(61,62)63)65-54(75)52(37(3)4)71-23-24-80-59(31-71)32-72(33-59)56(77)51-50(66-51)38-11-12-38/h9,13,16,25-26,28,36-38,41,46-47,50-52,66-67H,7-8,10-12,14-15,17-24,27,29-35H2,1-6H3,(H,65,75)/t46-,47-,50+,51+,52-/m0/s1. The normalized spacial score (nSPS) is 28.2. The first-order chi connectivity index (χ1) is 38.2. The molecule has 17 nitrogen and oxygen atoms in total. The molecular weight excluding hydrogens is 1030 g/mol. The molecule has 6 atom stereocenters. The number of aromatic nitrogens is 2. The van der Waals surface area contributed by atoms with Gasteiger partial charge in [0.25, 0.3) is 5.91 Å². The van der Waals surface area contributed by atoms with Crippen molar-refractivity contribution in [3.63, 3.8) is 0 Å². The van der Waals surface area contributed by atoms with Crippen molar-refractivity contribution in [2.45, 2.75) is 153 Å². The van der Waals surface area contributed by atoms with E-state index in [4.69, 9.17) is 14.5 Å². The minimum atomic E-state index is -4.56. The molecule has 2 aromatic heterocycles. The zero-order valence-electron chi connectivity index (χ0n) is 47.6. The van der Waals surface area contributed by atoms with Gasteiger partial charge in [0, 0.05) is 99.4 Å². The van der Waals surface area contributed by atoms with Crippen LogP contribution in [0.25, 0.3) is 27.7 Å². The van der Waals surface area contributed by atoms with Crippen LogP contribution in [-0.2, 0) is 41.6 Å². The third-order valence-corrected chi connectivity index (χ3v) is 18.5. The van der Waals surface area contributed by atoms with E-state index in [1.54, 1.807) is 0 Å². The zero-order chi connectivity index (χ0) is 56.0. The predicted octanol–water partition coefficient (Wildman–Crippen LogP) is 5.56. The van der Waals surface area contributed by atoms with Crippen LogP contribution in [0.15, 0.2) is 36.5 Å². The van der Waals surface area contributed by atoms with E-state index in [0.717, 1.165) is 48.6 Å². The van der Waals surface area contributed by atoms with Gasteiger partial charge in [0.15, 0.2) is 0 Å². The first-order valence-corrected chi connectivity index (χ1v) is 29.8. The van der Waals surface area contributed by atoms with Gasteiger partial charge in [-0.3, -0.25) is 49.2 Å². The van der Waals surface area contributed by atoms with Crippen molar-refractivity contribution in [2.24, 2.45) is 17.3 Å². The Balaban J connectivity index is 0.864. The van der Waals surface area contributed by atoms with E-state index in [1.807, 2.05) is 70.8 Å². The van der Waals surface area contributed by atoms with Gasteiger partial charge in [0.05, 0.1) is 55.6 Å². The van der Waals surface area contributed by atoms with Gasteiger partial charge < -0.3 is 29.2 Å². The number of esters is 1. The largest absolute Gasteiger partial charge is 0.464 e. The van der Waals surface area contributed by atoms with Gasteiger partial charge in [0.1, 0.15) is 30.3 Å². The fourth-order valence-corrected chi connectivity index (χ4v) is 14.0. The number of alkyl halides is 3. The summed E-state index contributed by atoms with van der Waals surface area (Å²) < 4.78 is 59.5. The van der Waals surface area contributed by atoms with Crippen LogP contribution >= 0.6 is 0 Å². The number of carbonyl (C=O) groups is 4. The highest BCUT2D eigenvalue weighted by Gasteiger charge is 2.57. The highest BCUT2D eigenvalue weighted by atomic mass is 19.4. The summed E-state index contributed by atoms with van der Waals surface area (Å²) in [5.41, 5.74) is 7.63. The number of ether oxygens (including phenoxy) is 2. The summed E-state index contributed by atoms with van der Waals surface area (Å²) in [6.45, 7) is 18.1. The van der Waals surface area contributed by atoms with E-state index in [9.17, 15) is 14.4 Å². The van der Waals surface area contributed by atoms with Gasteiger partial charge in [-0.05, 0) is 104 Å². The average Bonchev–Trinajstić information content (AvgIpc) is 4.37. The molecule has 2 saturated carbocycles. The zero-order valence-corrected chi connectivity index (χ0v) is 47.6. The second-order valence-corrected chi connectivity index (χ2v) is 26.3. The number of anilines is 1. The number of carbonyl (C=O) groups excluding carboxylic acids is 4. The lowest BCUT2D eigenvalue weighted by atomic mass is 9.83. The molecule has 5 saturated heterocycles. The summed E-state index contributed by atoms with van der Waals surface area (Å²) in [6.07, 6.45) is 6.18. The van der Waals surface area contributed by atoms with Crippen LogP contribution < -0.4 is 21.0 Å². The maximum atomic E-state index is 15.2. The predicted molar refractivity (Wildman–Crippen MR) is 298 cm³/mol. The number of morpholine rings is 1. The SMILES string of the molecule is CC(C)c1ncc(N2CCN(C3CC3)CC2)cc1-c1c2c3cc(ccc3n1CC(F)(F)F)C1=CCCN(C1)C[C@H](NC(=O)[C@H](C(C)C)N1CCOC3(CN(C(=O)[C@@H]4N[C@@H]4C4CC4)C3)C1)C(=O)N1CCC[C@H](N1)C(=O)OCC(C)(C)C2. The van der Waals surface area contributed by atoms with Crippen LogP contribution in [0.4, 0.5) is 18.9 Å². The number of likely N-dealkylation sites (tertiary alicyclic amines) is 1. The van der Waals surface area contributed by atoms with Gasteiger partial charge in [-0.2, -0.15) is 13.2 Å². The lowest BCUT2D eigenvalue weighted by molar-refractivity contribution is -0.197. The van der Waals surface area contributed by atoms with E-state index in [1.165, 1.54) is 35.3 Å². The van der Waals surface area contributed by atoms with Gasteiger partial charge in [-0.1, -0.05) is 53.7 Å². The number of halogens is 3. The molecule has 2 aliphatic carbocycles. The van der Waals surface area contributed by atoms with Crippen molar-refractivity contribution in [1.82, 2.24) is 50.2 Å². The third kappa shape index (κ3) is 11.5. The van der Waals surface area contributed by atoms with E-state index in [0.29, 0.717) is 111 Å². The Kier molecular flexibility index (Phi) is 14.9. The molecule has 3 amide bonds. The van der Waals surface area contributed by atoms with Crippen molar-refractivity contribution in [3.05, 3.63) is 53.4 Å². The smallest absolute Gasteiger partial charge is 0.406 e. The van der Waals surface area contributed by atoms with Gasteiger partial charge in [-0.25, -0.2) is 5.43 Å². The van der Waals surface area contributed by atoms with Crippen molar-refractivity contribution in [1.29, 1.82) is 0 Å². The van der Waals surface area contributed by atoms with E-state index < -0.39 is 47.8 Å². The number of benzene rings is 1. The van der Waals surface area contributed by atoms with Gasteiger partial charge in [-0.15, -0.1) is 0 Å². The van der Waals surface area contributed by atoms with Crippen LogP contribution in [0.3, 0.4) is 0 Å². The summed E-state index contributed by atoms with van der Waals surface area (Å²) in [5.74, 6) is -0.677. The molecule has 6 bridgehead atoms. The number of cyclic esters (lactones) is 1. The number of rotatable bonds is 11. The molecule has 20 heteroatoms. The fourth-order valence-electron chi connectivity index (χ4n) is 14.0. The number of hydrazine groups is 1. The first-order valence-electron chi connectivity index (χ1n) is 29.8. The lowest BCUT2D eigenvalue weighted by Crippen LogP contribution is -2.73. The van der Waals surface area contributed by atoms with E-state index in [2.05, 4.69) is 47.8 Å². The van der Waals surface area contributed by atoms with Gasteiger partial charge in [0.2, 0.25) is 11.8 Å².